The Kier molecular flexibility index (Phi) is 5.15. The molecule has 2 rings (SSSR count). The van der Waals surface area contributed by atoms with Gasteiger partial charge in [-0.05, 0) is 27.7 Å². The van der Waals surface area contributed by atoms with Crippen LogP contribution in [0.5, 0.6) is 0 Å². The molecule has 0 amide bonds. The summed E-state index contributed by atoms with van der Waals surface area (Å²) in [5.41, 5.74) is 0.500. The third kappa shape index (κ3) is 3.41. The maximum absolute atomic E-state index is 12.2. The van der Waals surface area contributed by atoms with Crippen LogP contribution in [0.1, 0.15) is 36.9 Å². The first-order chi connectivity index (χ1) is 11.0. The predicted octanol–water partition coefficient (Wildman–Crippen LogP) is 2.07. The summed E-state index contributed by atoms with van der Waals surface area (Å²) in [6, 6.07) is -0.640. The quantitative estimate of drug-likeness (QED) is 0.806. The molecule has 0 saturated heterocycles. The zero-order valence-electron chi connectivity index (χ0n) is 13.5. The minimum absolute atomic E-state index is 0.237. The number of hydrogen-bond acceptors (Lipinski definition) is 8. The van der Waals surface area contributed by atoms with Gasteiger partial charge in [-0.15, -0.1) is 0 Å². The lowest BCUT2D eigenvalue weighted by molar-refractivity contribution is -0.143. The maximum atomic E-state index is 12.2. The van der Waals surface area contributed by atoms with E-state index in [2.05, 4.69) is 15.3 Å². The number of carbonyl (C=O) groups excluding carboxylic acids is 2. The molecule has 2 aromatic heterocycles. The standard InChI is InChI=1S/C15H19N3O5/c1-5-21-14(19)8(3)18-12-11-10(15(20)22-6-2)9(4)23-13(11)17-7-16-12/h7-8H,5-6H2,1-4H3,(H,16,17,18). The van der Waals surface area contributed by atoms with E-state index in [9.17, 15) is 9.59 Å². The van der Waals surface area contributed by atoms with Gasteiger partial charge in [-0.25, -0.2) is 19.6 Å². The van der Waals surface area contributed by atoms with E-state index in [1.165, 1.54) is 6.33 Å². The first kappa shape index (κ1) is 16.7. The van der Waals surface area contributed by atoms with Gasteiger partial charge in [0, 0.05) is 0 Å². The van der Waals surface area contributed by atoms with Crippen LogP contribution < -0.4 is 5.32 Å². The summed E-state index contributed by atoms with van der Waals surface area (Å²) in [6.45, 7) is 7.25. The van der Waals surface area contributed by atoms with Gasteiger partial charge < -0.3 is 19.2 Å². The van der Waals surface area contributed by atoms with Gasteiger partial charge in [-0.2, -0.15) is 0 Å². The van der Waals surface area contributed by atoms with Crippen molar-refractivity contribution in [1.82, 2.24) is 9.97 Å². The number of nitrogens with zero attached hydrogens (tertiary/aromatic N) is 2. The zero-order valence-corrected chi connectivity index (χ0v) is 13.5. The molecule has 1 N–H and O–H groups in total. The molecule has 1 atom stereocenters. The molecular weight excluding hydrogens is 302 g/mol. The summed E-state index contributed by atoms with van der Waals surface area (Å²) in [5, 5.41) is 3.32. The fraction of sp³-hybridized carbons (Fsp3) is 0.467. The van der Waals surface area contributed by atoms with E-state index in [-0.39, 0.29) is 24.5 Å². The Morgan fingerprint density at radius 1 is 1.26 bits per heavy atom. The van der Waals surface area contributed by atoms with Gasteiger partial charge in [0.25, 0.3) is 0 Å². The molecule has 0 spiro atoms. The van der Waals surface area contributed by atoms with Gasteiger partial charge in [-0.3, -0.25) is 0 Å². The smallest absolute Gasteiger partial charge is 0.342 e. The number of furan rings is 1. The van der Waals surface area contributed by atoms with E-state index in [1.54, 1.807) is 27.7 Å². The van der Waals surface area contributed by atoms with Crippen LogP contribution in [0.3, 0.4) is 0 Å². The number of ether oxygens (including phenoxy) is 2. The molecule has 0 bridgehead atoms. The Labute approximate surface area is 133 Å². The second kappa shape index (κ2) is 7.08. The van der Waals surface area contributed by atoms with Crippen molar-refractivity contribution < 1.29 is 23.5 Å². The van der Waals surface area contributed by atoms with Gasteiger partial charge >= 0.3 is 11.9 Å². The highest BCUT2D eigenvalue weighted by Crippen LogP contribution is 2.30. The summed E-state index contributed by atoms with van der Waals surface area (Å²) in [5.74, 6) is -0.246. The van der Waals surface area contributed by atoms with E-state index in [0.29, 0.717) is 17.0 Å². The van der Waals surface area contributed by atoms with Crippen LogP contribution in [-0.2, 0) is 14.3 Å². The number of anilines is 1. The molecule has 2 aromatic rings. The van der Waals surface area contributed by atoms with Crippen LogP contribution in [0, 0.1) is 6.92 Å². The van der Waals surface area contributed by atoms with Crippen LogP contribution in [0.4, 0.5) is 5.82 Å². The summed E-state index contributed by atoms with van der Waals surface area (Å²) in [6.07, 6.45) is 1.29. The number of carbonyl (C=O) groups is 2. The maximum Gasteiger partial charge on any atom is 0.342 e. The van der Waals surface area contributed by atoms with Crippen molar-refractivity contribution in [2.75, 3.05) is 18.5 Å². The largest absolute Gasteiger partial charge is 0.464 e. The molecule has 0 aromatic carbocycles. The minimum Gasteiger partial charge on any atom is -0.464 e. The van der Waals surface area contributed by atoms with Crippen molar-refractivity contribution in [2.45, 2.75) is 33.7 Å². The van der Waals surface area contributed by atoms with Crippen molar-refractivity contribution in [3.05, 3.63) is 17.7 Å². The van der Waals surface area contributed by atoms with Crippen molar-refractivity contribution in [3.8, 4) is 0 Å². The summed E-state index contributed by atoms with van der Waals surface area (Å²) >= 11 is 0. The highest BCUT2D eigenvalue weighted by atomic mass is 16.5. The Hall–Kier alpha value is -2.64. The molecule has 8 nitrogen and oxygen atoms in total. The average molecular weight is 321 g/mol. The molecule has 8 heteroatoms. The van der Waals surface area contributed by atoms with E-state index in [4.69, 9.17) is 13.9 Å². The third-order valence-electron chi connectivity index (χ3n) is 3.14. The molecule has 2 heterocycles. The SMILES string of the molecule is CCOC(=O)c1c(C)oc2ncnc(NC(C)C(=O)OCC)c12. The van der Waals surface area contributed by atoms with E-state index in [1.807, 2.05) is 0 Å². The van der Waals surface area contributed by atoms with E-state index < -0.39 is 18.0 Å². The molecule has 0 fully saturated rings. The Morgan fingerprint density at radius 3 is 2.61 bits per heavy atom. The topological polar surface area (TPSA) is 104 Å². The molecule has 23 heavy (non-hydrogen) atoms. The van der Waals surface area contributed by atoms with Crippen molar-refractivity contribution in [2.24, 2.45) is 0 Å². The first-order valence-corrected chi connectivity index (χ1v) is 7.33. The van der Waals surface area contributed by atoms with Crippen LogP contribution in [-0.4, -0.2) is 41.2 Å². The molecule has 124 valence electrons. The fourth-order valence-corrected chi connectivity index (χ4v) is 2.13. The molecule has 0 saturated carbocycles. The summed E-state index contributed by atoms with van der Waals surface area (Å²) < 4.78 is 15.5. The second-order valence-corrected chi connectivity index (χ2v) is 4.77. The molecule has 1 unspecified atom stereocenters. The van der Waals surface area contributed by atoms with Crippen molar-refractivity contribution >= 4 is 28.9 Å². The highest BCUT2D eigenvalue weighted by molar-refractivity contribution is 6.08. The van der Waals surface area contributed by atoms with Gasteiger partial charge in [-0.1, -0.05) is 0 Å². The highest BCUT2D eigenvalue weighted by Gasteiger charge is 2.25. The molecular formula is C15H19N3O5. The molecule has 0 aliphatic heterocycles. The van der Waals surface area contributed by atoms with Crippen molar-refractivity contribution in [1.29, 1.82) is 0 Å². The van der Waals surface area contributed by atoms with Gasteiger partial charge in [0.15, 0.2) is 0 Å². The van der Waals surface area contributed by atoms with Gasteiger partial charge in [0.05, 0.1) is 18.6 Å². The average Bonchev–Trinajstić information content (AvgIpc) is 2.84. The number of hydrogen-bond donors (Lipinski definition) is 1. The third-order valence-corrected chi connectivity index (χ3v) is 3.14. The lowest BCUT2D eigenvalue weighted by Crippen LogP contribution is -2.28. The normalized spacial score (nSPS) is 12.0. The first-order valence-electron chi connectivity index (χ1n) is 7.33. The molecule has 0 radical (unpaired) electrons. The predicted molar refractivity (Wildman–Crippen MR) is 82.2 cm³/mol. The summed E-state index contributed by atoms with van der Waals surface area (Å²) in [4.78, 5) is 32.0. The number of aryl methyl sites for hydroxylation is 1. The Morgan fingerprint density at radius 2 is 1.96 bits per heavy atom. The Balaban J connectivity index is 2.44. The van der Waals surface area contributed by atoms with E-state index in [0.717, 1.165) is 0 Å². The molecule has 0 aliphatic rings. The monoisotopic (exact) mass is 321 g/mol. The lowest BCUT2D eigenvalue weighted by Gasteiger charge is -2.13. The lowest BCUT2D eigenvalue weighted by atomic mass is 10.1. The summed E-state index contributed by atoms with van der Waals surface area (Å²) in [7, 11) is 0. The van der Waals surface area contributed by atoms with Crippen LogP contribution >= 0.6 is 0 Å². The number of rotatable bonds is 6. The van der Waals surface area contributed by atoms with Crippen LogP contribution in [0.15, 0.2) is 10.7 Å². The van der Waals surface area contributed by atoms with Gasteiger partial charge in [0.1, 0.15) is 29.5 Å². The van der Waals surface area contributed by atoms with Crippen LogP contribution in [0.2, 0.25) is 0 Å². The fourth-order valence-electron chi connectivity index (χ4n) is 2.13. The van der Waals surface area contributed by atoms with Gasteiger partial charge in [0.2, 0.25) is 5.71 Å². The number of nitrogens with one attached hydrogen (secondary N) is 1. The Bertz CT molecular complexity index is 725. The zero-order chi connectivity index (χ0) is 17.0. The van der Waals surface area contributed by atoms with Crippen molar-refractivity contribution in [3.63, 3.8) is 0 Å². The van der Waals surface area contributed by atoms with E-state index >= 15 is 0 Å². The number of fused-ring (bicyclic) bond motifs is 1. The molecule has 0 aliphatic carbocycles. The number of aromatic nitrogens is 2. The second-order valence-electron chi connectivity index (χ2n) is 4.77. The number of esters is 2. The minimum atomic E-state index is -0.640. The van der Waals surface area contributed by atoms with Crippen LogP contribution in [0.25, 0.3) is 11.1 Å².